The maximum absolute atomic E-state index is 11.3. The Morgan fingerprint density at radius 3 is 2.26 bits per heavy atom. The van der Waals surface area contributed by atoms with E-state index in [0.29, 0.717) is 11.1 Å². The van der Waals surface area contributed by atoms with Crippen LogP contribution in [0.4, 0.5) is 0 Å². The lowest BCUT2D eigenvalue weighted by Crippen LogP contribution is -2.09. The van der Waals surface area contributed by atoms with E-state index in [2.05, 4.69) is 26.8 Å². The van der Waals surface area contributed by atoms with Crippen molar-refractivity contribution in [2.24, 2.45) is 5.41 Å². The Bertz CT molecular complexity index is 633. The van der Waals surface area contributed by atoms with Gasteiger partial charge in [0.1, 0.15) is 0 Å². The molecule has 2 aromatic rings. The van der Waals surface area contributed by atoms with Gasteiger partial charge in [-0.3, -0.25) is 9.59 Å². The number of fused-ring (bicyclic) bond motifs is 1. The van der Waals surface area contributed by atoms with Crippen LogP contribution in [0.15, 0.2) is 30.3 Å². The van der Waals surface area contributed by atoms with Crippen LogP contribution in [0.25, 0.3) is 10.8 Å². The Kier molecular flexibility index (Phi) is 3.52. The molecule has 0 aromatic heterocycles. The first-order valence-corrected chi connectivity index (χ1v) is 6.40. The highest BCUT2D eigenvalue weighted by molar-refractivity contribution is 6.07. The highest BCUT2D eigenvalue weighted by Gasteiger charge is 2.14. The molecule has 0 radical (unpaired) electrons. The van der Waals surface area contributed by atoms with Crippen molar-refractivity contribution >= 4 is 23.3 Å². The highest BCUT2D eigenvalue weighted by Crippen LogP contribution is 2.27. The van der Waals surface area contributed by atoms with Gasteiger partial charge in [0.25, 0.3) is 0 Å². The van der Waals surface area contributed by atoms with Crippen molar-refractivity contribution in [1.82, 2.24) is 0 Å². The molecule has 98 valence electrons. The maximum Gasteiger partial charge on any atom is 0.150 e. The fourth-order valence-corrected chi connectivity index (χ4v) is 2.46. The molecule has 0 spiro atoms. The lowest BCUT2D eigenvalue weighted by Gasteiger charge is -2.19. The van der Waals surface area contributed by atoms with Crippen LogP contribution in [0.2, 0.25) is 0 Å². The summed E-state index contributed by atoms with van der Waals surface area (Å²) < 4.78 is 0. The molecule has 2 heteroatoms. The lowest BCUT2D eigenvalue weighted by atomic mass is 9.86. The Labute approximate surface area is 113 Å². The van der Waals surface area contributed by atoms with Gasteiger partial charge in [-0.1, -0.05) is 45.0 Å². The van der Waals surface area contributed by atoms with Crippen molar-refractivity contribution in [1.29, 1.82) is 0 Å². The number of hydrogen-bond donors (Lipinski definition) is 0. The first-order valence-electron chi connectivity index (χ1n) is 6.40. The molecule has 0 saturated heterocycles. The maximum atomic E-state index is 11.3. The number of rotatable bonds is 3. The monoisotopic (exact) mass is 254 g/mol. The topological polar surface area (TPSA) is 34.1 Å². The quantitative estimate of drug-likeness (QED) is 0.774. The fraction of sp³-hybridized carbons (Fsp3) is 0.294. The zero-order chi connectivity index (χ0) is 14.0. The summed E-state index contributed by atoms with van der Waals surface area (Å²) in [4.78, 5) is 22.4. The van der Waals surface area contributed by atoms with Crippen molar-refractivity contribution in [2.45, 2.75) is 27.2 Å². The predicted molar refractivity (Wildman–Crippen MR) is 77.9 cm³/mol. The summed E-state index contributed by atoms with van der Waals surface area (Å²) in [6.45, 7) is 6.50. The summed E-state index contributed by atoms with van der Waals surface area (Å²) in [5.41, 5.74) is 2.46. The fourth-order valence-electron chi connectivity index (χ4n) is 2.46. The Hall–Kier alpha value is -1.96. The van der Waals surface area contributed by atoms with Gasteiger partial charge in [-0.25, -0.2) is 0 Å². The molecule has 19 heavy (non-hydrogen) atoms. The van der Waals surface area contributed by atoms with Crippen LogP contribution in [0.3, 0.4) is 0 Å². The van der Waals surface area contributed by atoms with Crippen LogP contribution in [0, 0.1) is 5.41 Å². The zero-order valence-corrected chi connectivity index (χ0v) is 11.6. The first-order chi connectivity index (χ1) is 8.94. The van der Waals surface area contributed by atoms with Gasteiger partial charge < -0.3 is 0 Å². The van der Waals surface area contributed by atoms with Gasteiger partial charge in [0.05, 0.1) is 0 Å². The molecule has 0 amide bonds. The molecule has 0 unspecified atom stereocenters. The summed E-state index contributed by atoms with van der Waals surface area (Å²) in [5.74, 6) is 0. The van der Waals surface area contributed by atoms with Crippen molar-refractivity contribution in [3.05, 3.63) is 47.0 Å². The molecule has 0 N–H and O–H groups in total. The summed E-state index contributed by atoms with van der Waals surface area (Å²) in [7, 11) is 0. The third-order valence-electron chi connectivity index (χ3n) is 3.09. The summed E-state index contributed by atoms with van der Waals surface area (Å²) in [5, 5.41) is 1.71. The van der Waals surface area contributed by atoms with E-state index < -0.39 is 0 Å². The molecule has 0 atom stereocenters. The lowest BCUT2D eigenvalue weighted by molar-refractivity contribution is 0.112. The van der Waals surface area contributed by atoms with Crippen LogP contribution >= 0.6 is 0 Å². The molecule has 0 aliphatic heterocycles. The first kappa shape index (κ1) is 13.5. The van der Waals surface area contributed by atoms with Gasteiger partial charge in [0.15, 0.2) is 12.6 Å². The van der Waals surface area contributed by atoms with Crippen molar-refractivity contribution in [3.63, 3.8) is 0 Å². The van der Waals surface area contributed by atoms with E-state index in [9.17, 15) is 9.59 Å². The van der Waals surface area contributed by atoms with E-state index in [-0.39, 0.29) is 5.41 Å². The summed E-state index contributed by atoms with van der Waals surface area (Å²) in [6.07, 6.45) is 2.54. The molecule has 2 rings (SSSR count). The molecule has 0 saturated carbocycles. The number of aldehydes is 2. The van der Waals surface area contributed by atoms with Gasteiger partial charge in [-0.05, 0) is 28.9 Å². The summed E-state index contributed by atoms with van der Waals surface area (Å²) in [6, 6.07) is 9.50. The second kappa shape index (κ2) is 4.96. The number of carbonyl (C=O) groups excluding carboxylic acids is 2. The van der Waals surface area contributed by atoms with Gasteiger partial charge in [-0.2, -0.15) is 0 Å². The number of benzene rings is 2. The number of hydrogen-bond acceptors (Lipinski definition) is 2. The van der Waals surface area contributed by atoms with Gasteiger partial charge >= 0.3 is 0 Å². The molecule has 0 heterocycles. The average molecular weight is 254 g/mol. The Morgan fingerprint density at radius 1 is 1.00 bits per heavy atom. The summed E-state index contributed by atoms with van der Waals surface area (Å²) >= 11 is 0. The van der Waals surface area contributed by atoms with E-state index in [1.807, 2.05) is 18.2 Å². The Balaban J connectivity index is 2.68. The molecule has 0 bridgehead atoms. The molecule has 2 nitrogen and oxygen atoms in total. The molecule has 0 fully saturated rings. The zero-order valence-electron chi connectivity index (χ0n) is 11.6. The van der Waals surface area contributed by atoms with Gasteiger partial charge in [0.2, 0.25) is 0 Å². The van der Waals surface area contributed by atoms with E-state index in [0.717, 1.165) is 35.3 Å². The van der Waals surface area contributed by atoms with Crippen LogP contribution < -0.4 is 0 Å². The molecule has 2 aromatic carbocycles. The normalized spacial score (nSPS) is 11.5. The molecular weight excluding hydrogens is 236 g/mol. The van der Waals surface area contributed by atoms with Crippen LogP contribution in [-0.4, -0.2) is 12.6 Å². The SMILES string of the molecule is CC(C)(C)Cc1cc(C=O)c2c(C=O)cccc2c1. The van der Waals surface area contributed by atoms with Crippen molar-refractivity contribution in [2.75, 3.05) is 0 Å². The third-order valence-corrected chi connectivity index (χ3v) is 3.09. The number of carbonyl (C=O) groups is 2. The molecular formula is C17H18O2. The van der Waals surface area contributed by atoms with Crippen LogP contribution in [-0.2, 0) is 6.42 Å². The van der Waals surface area contributed by atoms with Crippen molar-refractivity contribution in [3.8, 4) is 0 Å². The van der Waals surface area contributed by atoms with E-state index in [1.165, 1.54) is 0 Å². The van der Waals surface area contributed by atoms with E-state index in [4.69, 9.17) is 0 Å². The van der Waals surface area contributed by atoms with Gasteiger partial charge in [-0.15, -0.1) is 0 Å². The Morgan fingerprint density at radius 2 is 1.68 bits per heavy atom. The second-order valence-corrected chi connectivity index (χ2v) is 6.10. The van der Waals surface area contributed by atoms with Gasteiger partial charge in [0, 0.05) is 16.5 Å². The highest BCUT2D eigenvalue weighted by atomic mass is 16.1. The molecule has 0 aliphatic rings. The minimum Gasteiger partial charge on any atom is -0.298 e. The minimum absolute atomic E-state index is 0.163. The standard InChI is InChI=1S/C17H18O2/c1-17(2,3)9-12-7-13-5-4-6-14(10-18)16(13)15(8-12)11-19/h4-8,10-11H,9H2,1-3H3. The molecule has 0 aliphatic carbocycles. The van der Waals surface area contributed by atoms with Crippen molar-refractivity contribution < 1.29 is 9.59 Å². The predicted octanol–water partition coefficient (Wildman–Crippen LogP) is 4.05. The second-order valence-electron chi connectivity index (χ2n) is 6.10. The van der Waals surface area contributed by atoms with E-state index in [1.54, 1.807) is 6.07 Å². The van der Waals surface area contributed by atoms with Crippen LogP contribution in [0.5, 0.6) is 0 Å². The minimum atomic E-state index is 0.163. The average Bonchev–Trinajstić information content (AvgIpc) is 2.34. The largest absolute Gasteiger partial charge is 0.298 e. The third kappa shape index (κ3) is 2.90. The van der Waals surface area contributed by atoms with Crippen LogP contribution in [0.1, 0.15) is 47.1 Å². The van der Waals surface area contributed by atoms with E-state index >= 15 is 0 Å². The smallest absolute Gasteiger partial charge is 0.150 e.